The summed E-state index contributed by atoms with van der Waals surface area (Å²) in [5, 5.41) is 2.86. The quantitative estimate of drug-likeness (QED) is 0.354. The fourth-order valence-corrected chi connectivity index (χ4v) is 3.34. The van der Waals surface area contributed by atoms with E-state index in [9.17, 15) is 9.59 Å². The standard InChI is InChI=1S/C25H22N4O3/c1-4-32-25(31)17-12-13-22(20(15-17)28-24(30)16(2)3)29-21-11-6-5-9-18(21)27-23(29)19-10-7-8-14-26-19/h5-15H,2,4H2,1,3H3,(H,28,30). The van der Waals surface area contributed by atoms with E-state index in [4.69, 9.17) is 9.72 Å². The molecule has 0 atom stereocenters. The molecule has 2 aromatic heterocycles. The number of nitrogens with one attached hydrogen (secondary N) is 1. The molecule has 1 N–H and O–H groups in total. The lowest BCUT2D eigenvalue weighted by Gasteiger charge is -2.16. The predicted octanol–water partition coefficient (Wildman–Crippen LogP) is 4.78. The van der Waals surface area contributed by atoms with Crippen LogP contribution in [-0.2, 0) is 9.53 Å². The van der Waals surface area contributed by atoms with Crippen LogP contribution in [0, 0.1) is 0 Å². The van der Waals surface area contributed by atoms with Crippen LogP contribution in [0.2, 0.25) is 0 Å². The first kappa shape index (κ1) is 21.0. The van der Waals surface area contributed by atoms with Crippen molar-refractivity contribution in [3.8, 4) is 17.2 Å². The first-order valence-electron chi connectivity index (χ1n) is 10.2. The second-order valence-electron chi connectivity index (χ2n) is 7.16. The molecule has 0 aliphatic carbocycles. The minimum atomic E-state index is -0.467. The van der Waals surface area contributed by atoms with Crippen molar-refractivity contribution in [1.82, 2.24) is 14.5 Å². The Balaban J connectivity index is 1.97. The van der Waals surface area contributed by atoms with Crippen molar-refractivity contribution in [1.29, 1.82) is 0 Å². The highest BCUT2D eigenvalue weighted by Gasteiger charge is 2.20. The van der Waals surface area contributed by atoms with Crippen molar-refractivity contribution in [3.05, 3.63) is 84.6 Å². The van der Waals surface area contributed by atoms with Crippen molar-refractivity contribution in [3.63, 3.8) is 0 Å². The van der Waals surface area contributed by atoms with E-state index >= 15 is 0 Å². The van der Waals surface area contributed by atoms with Crippen molar-refractivity contribution in [2.45, 2.75) is 13.8 Å². The van der Waals surface area contributed by atoms with Crippen molar-refractivity contribution < 1.29 is 14.3 Å². The molecule has 4 aromatic rings. The molecule has 0 aliphatic heterocycles. The Morgan fingerprint density at radius 3 is 2.59 bits per heavy atom. The van der Waals surface area contributed by atoms with Gasteiger partial charge in [0, 0.05) is 11.8 Å². The monoisotopic (exact) mass is 426 g/mol. The largest absolute Gasteiger partial charge is 0.462 e. The van der Waals surface area contributed by atoms with Gasteiger partial charge in [-0.1, -0.05) is 24.8 Å². The molecule has 0 saturated carbocycles. The maximum atomic E-state index is 12.5. The summed E-state index contributed by atoms with van der Waals surface area (Å²) in [5.74, 6) is -0.206. The van der Waals surface area contributed by atoms with Crippen LogP contribution in [0.4, 0.5) is 5.69 Å². The number of ether oxygens (including phenoxy) is 1. The molecule has 32 heavy (non-hydrogen) atoms. The number of anilines is 1. The Hall–Kier alpha value is -4.26. The van der Waals surface area contributed by atoms with Gasteiger partial charge in [0.25, 0.3) is 5.91 Å². The zero-order chi connectivity index (χ0) is 22.7. The lowest BCUT2D eigenvalue weighted by atomic mass is 10.1. The van der Waals surface area contributed by atoms with Crippen LogP contribution in [-0.4, -0.2) is 33.0 Å². The zero-order valence-electron chi connectivity index (χ0n) is 17.8. The van der Waals surface area contributed by atoms with Gasteiger partial charge in [0.15, 0.2) is 5.82 Å². The summed E-state index contributed by atoms with van der Waals surface area (Å²) in [4.78, 5) is 34.1. The lowest BCUT2D eigenvalue weighted by molar-refractivity contribution is -0.112. The molecule has 0 spiro atoms. The molecule has 0 fully saturated rings. The number of pyridine rings is 1. The van der Waals surface area contributed by atoms with E-state index in [0.29, 0.717) is 34.0 Å². The second kappa shape index (κ2) is 8.85. The molecule has 4 rings (SSSR count). The lowest BCUT2D eigenvalue weighted by Crippen LogP contribution is -2.15. The predicted molar refractivity (Wildman–Crippen MR) is 124 cm³/mol. The fourth-order valence-electron chi connectivity index (χ4n) is 3.34. The molecule has 0 bridgehead atoms. The van der Waals surface area contributed by atoms with Gasteiger partial charge in [-0.05, 0) is 56.3 Å². The van der Waals surface area contributed by atoms with Gasteiger partial charge in [-0.25, -0.2) is 9.78 Å². The van der Waals surface area contributed by atoms with Gasteiger partial charge in [0.1, 0.15) is 5.69 Å². The third kappa shape index (κ3) is 4.00. The molecule has 2 aromatic carbocycles. The van der Waals surface area contributed by atoms with E-state index in [2.05, 4.69) is 16.9 Å². The number of hydrogen-bond acceptors (Lipinski definition) is 5. The molecule has 7 nitrogen and oxygen atoms in total. The average molecular weight is 426 g/mol. The van der Waals surface area contributed by atoms with Crippen LogP contribution in [0.1, 0.15) is 24.2 Å². The van der Waals surface area contributed by atoms with E-state index < -0.39 is 5.97 Å². The summed E-state index contributed by atoms with van der Waals surface area (Å²) >= 11 is 0. The van der Waals surface area contributed by atoms with Crippen LogP contribution in [0.15, 0.2) is 79.0 Å². The van der Waals surface area contributed by atoms with Crippen LogP contribution < -0.4 is 5.32 Å². The molecule has 160 valence electrons. The highest BCUT2D eigenvalue weighted by molar-refractivity contribution is 6.05. The van der Waals surface area contributed by atoms with E-state index in [0.717, 1.165) is 11.0 Å². The number of imidazole rings is 1. The van der Waals surface area contributed by atoms with Crippen LogP contribution in [0.5, 0.6) is 0 Å². The Morgan fingerprint density at radius 1 is 1.09 bits per heavy atom. The van der Waals surface area contributed by atoms with Gasteiger partial charge in [-0.3, -0.25) is 14.3 Å². The van der Waals surface area contributed by atoms with Gasteiger partial charge in [-0.15, -0.1) is 0 Å². The summed E-state index contributed by atoms with van der Waals surface area (Å²) in [6.07, 6.45) is 1.70. The van der Waals surface area contributed by atoms with Crippen LogP contribution in [0.3, 0.4) is 0 Å². The SMILES string of the molecule is C=C(C)C(=O)Nc1cc(C(=O)OCC)ccc1-n1c(-c2ccccn2)nc2ccccc21. The van der Waals surface area contributed by atoms with E-state index in [1.807, 2.05) is 47.0 Å². The second-order valence-corrected chi connectivity index (χ2v) is 7.16. The van der Waals surface area contributed by atoms with Gasteiger partial charge in [0.2, 0.25) is 0 Å². The van der Waals surface area contributed by atoms with Crippen molar-refractivity contribution >= 4 is 28.6 Å². The summed E-state index contributed by atoms with van der Waals surface area (Å²) in [7, 11) is 0. The summed E-state index contributed by atoms with van der Waals surface area (Å²) in [6.45, 7) is 7.33. The first-order chi connectivity index (χ1) is 15.5. The summed E-state index contributed by atoms with van der Waals surface area (Å²) in [5.41, 5.74) is 4.04. The fraction of sp³-hybridized carbons (Fsp3) is 0.120. The minimum absolute atomic E-state index is 0.254. The Bertz CT molecular complexity index is 1330. The number of benzene rings is 2. The number of esters is 1. The zero-order valence-corrected chi connectivity index (χ0v) is 17.8. The van der Waals surface area contributed by atoms with Crippen LogP contribution >= 0.6 is 0 Å². The number of nitrogens with zero attached hydrogens (tertiary/aromatic N) is 3. The van der Waals surface area contributed by atoms with Gasteiger partial charge in [-0.2, -0.15) is 0 Å². The number of carbonyl (C=O) groups excluding carboxylic acids is 2. The number of aromatic nitrogens is 3. The molecule has 0 unspecified atom stereocenters. The maximum absolute atomic E-state index is 12.5. The van der Waals surface area contributed by atoms with Crippen molar-refractivity contribution in [2.75, 3.05) is 11.9 Å². The third-order valence-corrected chi connectivity index (χ3v) is 4.84. The van der Waals surface area contributed by atoms with E-state index in [-0.39, 0.29) is 12.5 Å². The minimum Gasteiger partial charge on any atom is -0.462 e. The van der Waals surface area contributed by atoms with Crippen molar-refractivity contribution in [2.24, 2.45) is 0 Å². The summed E-state index contributed by atoms with van der Waals surface area (Å²) in [6, 6.07) is 18.3. The molecule has 2 heterocycles. The molecule has 0 saturated heterocycles. The highest BCUT2D eigenvalue weighted by Crippen LogP contribution is 2.32. The number of hydrogen-bond donors (Lipinski definition) is 1. The van der Waals surface area contributed by atoms with Gasteiger partial charge in [0.05, 0.1) is 34.6 Å². The average Bonchev–Trinajstić information content (AvgIpc) is 3.19. The Kier molecular flexibility index (Phi) is 5.81. The van der Waals surface area contributed by atoms with E-state index in [1.165, 1.54) is 0 Å². The van der Waals surface area contributed by atoms with E-state index in [1.54, 1.807) is 38.2 Å². The topological polar surface area (TPSA) is 86.1 Å². The number of rotatable bonds is 6. The Morgan fingerprint density at radius 2 is 1.88 bits per heavy atom. The normalized spacial score (nSPS) is 10.7. The molecule has 0 radical (unpaired) electrons. The molecule has 0 aliphatic rings. The number of amides is 1. The van der Waals surface area contributed by atoms with Crippen LogP contribution in [0.25, 0.3) is 28.2 Å². The molecule has 7 heteroatoms. The number of fused-ring (bicyclic) bond motifs is 1. The molecular weight excluding hydrogens is 404 g/mol. The van der Waals surface area contributed by atoms with Gasteiger partial charge >= 0.3 is 5.97 Å². The maximum Gasteiger partial charge on any atom is 0.338 e. The highest BCUT2D eigenvalue weighted by atomic mass is 16.5. The Labute approximate surface area is 185 Å². The molecule has 1 amide bonds. The number of carbonyl (C=O) groups is 2. The summed E-state index contributed by atoms with van der Waals surface area (Å²) < 4.78 is 7.05. The van der Waals surface area contributed by atoms with Gasteiger partial charge < -0.3 is 10.1 Å². The third-order valence-electron chi connectivity index (χ3n) is 4.84. The first-order valence-corrected chi connectivity index (χ1v) is 10.2. The molecular formula is C25H22N4O3. The number of para-hydroxylation sites is 2. The smallest absolute Gasteiger partial charge is 0.338 e.